The third-order valence-electron chi connectivity index (χ3n) is 5.74. The highest BCUT2D eigenvalue weighted by atomic mass is 35.5. The average molecular weight is 428 g/mol. The number of anilines is 2. The van der Waals surface area contributed by atoms with Gasteiger partial charge in [-0.2, -0.15) is 0 Å². The van der Waals surface area contributed by atoms with Crippen molar-refractivity contribution >= 4 is 39.9 Å². The minimum atomic E-state index is -0.170. The van der Waals surface area contributed by atoms with E-state index in [2.05, 4.69) is 39.2 Å². The zero-order valence-corrected chi connectivity index (χ0v) is 18.2. The molecule has 1 saturated heterocycles. The Morgan fingerprint density at radius 1 is 1.23 bits per heavy atom. The molecule has 1 atom stereocenters. The summed E-state index contributed by atoms with van der Waals surface area (Å²) in [5.41, 5.74) is 4.27. The molecular weight excluding hydrogens is 402 g/mol. The summed E-state index contributed by atoms with van der Waals surface area (Å²) < 4.78 is 1.53. The van der Waals surface area contributed by atoms with Crippen LogP contribution in [0.4, 0.5) is 11.4 Å². The number of H-pyrrole nitrogens is 1. The number of benzene rings is 2. The molecule has 0 aliphatic carbocycles. The van der Waals surface area contributed by atoms with Crippen LogP contribution in [-0.2, 0) is 11.8 Å². The number of amides is 1. The Morgan fingerprint density at radius 2 is 2.03 bits per heavy atom. The molecule has 7 nitrogen and oxygen atoms in total. The summed E-state index contributed by atoms with van der Waals surface area (Å²) in [6, 6.07) is 11.8. The Kier molecular flexibility index (Phi) is 5.58. The van der Waals surface area contributed by atoms with Gasteiger partial charge in [-0.05, 0) is 55.8 Å². The molecule has 1 fully saturated rings. The number of carbonyl (C=O) groups is 1. The van der Waals surface area contributed by atoms with E-state index in [4.69, 9.17) is 11.6 Å². The van der Waals surface area contributed by atoms with Crippen molar-refractivity contribution in [3.05, 3.63) is 57.5 Å². The Morgan fingerprint density at radius 3 is 2.77 bits per heavy atom. The second kappa shape index (κ2) is 8.16. The lowest BCUT2D eigenvalue weighted by Gasteiger charge is -2.41. The van der Waals surface area contributed by atoms with Crippen molar-refractivity contribution in [2.45, 2.75) is 19.9 Å². The summed E-state index contributed by atoms with van der Waals surface area (Å²) in [6.07, 6.45) is 0. The lowest BCUT2D eigenvalue weighted by atomic mass is 10.1. The van der Waals surface area contributed by atoms with Crippen LogP contribution in [0.3, 0.4) is 0 Å². The van der Waals surface area contributed by atoms with Crippen molar-refractivity contribution in [1.82, 2.24) is 14.5 Å². The first-order valence-electron chi connectivity index (χ1n) is 10.1. The van der Waals surface area contributed by atoms with E-state index < -0.39 is 0 Å². The molecule has 2 heterocycles. The molecule has 4 rings (SSSR count). The van der Waals surface area contributed by atoms with Crippen molar-refractivity contribution in [3.63, 3.8) is 0 Å². The van der Waals surface area contributed by atoms with Gasteiger partial charge < -0.3 is 15.2 Å². The van der Waals surface area contributed by atoms with Crippen molar-refractivity contribution < 1.29 is 4.79 Å². The number of hydrogen-bond acceptors (Lipinski definition) is 4. The second-order valence-electron chi connectivity index (χ2n) is 7.98. The number of hydrogen-bond donors (Lipinski definition) is 2. The summed E-state index contributed by atoms with van der Waals surface area (Å²) in [6.45, 7) is 6.99. The Hall–Kier alpha value is -2.77. The Labute approximate surface area is 180 Å². The first kappa shape index (κ1) is 20.5. The summed E-state index contributed by atoms with van der Waals surface area (Å²) in [5.74, 6) is -0.0575. The van der Waals surface area contributed by atoms with Gasteiger partial charge >= 0.3 is 5.69 Å². The van der Waals surface area contributed by atoms with Crippen molar-refractivity contribution in [1.29, 1.82) is 0 Å². The van der Waals surface area contributed by atoms with Gasteiger partial charge in [-0.1, -0.05) is 11.6 Å². The highest BCUT2D eigenvalue weighted by Gasteiger charge is 2.25. The van der Waals surface area contributed by atoms with E-state index in [-0.39, 0.29) is 17.6 Å². The fourth-order valence-electron chi connectivity index (χ4n) is 4.07. The van der Waals surface area contributed by atoms with Gasteiger partial charge in [0.05, 0.1) is 17.6 Å². The molecule has 0 unspecified atom stereocenters. The molecule has 2 aromatic carbocycles. The number of rotatable bonds is 4. The molecule has 0 spiro atoms. The topological polar surface area (TPSA) is 73.4 Å². The second-order valence-corrected chi connectivity index (χ2v) is 8.39. The minimum Gasteiger partial charge on any atom is -0.366 e. The maximum Gasteiger partial charge on any atom is 0.326 e. The molecule has 0 radical (unpaired) electrons. The van der Waals surface area contributed by atoms with Gasteiger partial charge in [-0.15, -0.1) is 0 Å². The molecule has 2 N–H and O–H groups in total. The number of nitrogens with one attached hydrogen (secondary N) is 2. The summed E-state index contributed by atoms with van der Waals surface area (Å²) in [7, 11) is 1.70. The predicted octanol–water partition coefficient (Wildman–Crippen LogP) is 2.98. The number of carbonyl (C=O) groups excluding carboxylic acids is 1. The van der Waals surface area contributed by atoms with E-state index in [0.29, 0.717) is 12.2 Å². The van der Waals surface area contributed by atoms with Crippen molar-refractivity contribution in [3.8, 4) is 0 Å². The highest BCUT2D eigenvalue weighted by molar-refractivity contribution is 6.31. The predicted molar refractivity (Wildman–Crippen MR) is 122 cm³/mol. The molecule has 1 aliphatic rings. The van der Waals surface area contributed by atoms with Crippen LogP contribution in [0.5, 0.6) is 0 Å². The maximum atomic E-state index is 12.6. The van der Waals surface area contributed by atoms with E-state index >= 15 is 0 Å². The van der Waals surface area contributed by atoms with E-state index in [0.717, 1.165) is 41.3 Å². The molecule has 1 amide bonds. The number of nitrogens with zero attached hydrogens (tertiary/aromatic N) is 3. The van der Waals surface area contributed by atoms with Gasteiger partial charge in [0.2, 0.25) is 5.91 Å². The van der Waals surface area contributed by atoms with Gasteiger partial charge in [0.1, 0.15) is 0 Å². The van der Waals surface area contributed by atoms with Gasteiger partial charge in [-0.25, -0.2) is 4.79 Å². The largest absolute Gasteiger partial charge is 0.366 e. The van der Waals surface area contributed by atoms with E-state index in [1.54, 1.807) is 19.2 Å². The van der Waals surface area contributed by atoms with Gasteiger partial charge in [0.15, 0.2) is 0 Å². The zero-order chi connectivity index (χ0) is 21.4. The number of halogens is 1. The maximum absolute atomic E-state index is 12.6. The molecule has 3 aromatic rings. The molecule has 1 aliphatic heterocycles. The van der Waals surface area contributed by atoms with Crippen LogP contribution in [0.2, 0.25) is 5.02 Å². The minimum absolute atomic E-state index is 0.0575. The van der Waals surface area contributed by atoms with Crippen LogP contribution < -0.4 is 15.9 Å². The van der Waals surface area contributed by atoms with Crippen LogP contribution in [0.25, 0.3) is 11.0 Å². The van der Waals surface area contributed by atoms with Crippen LogP contribution in [0.1, 0.15) is 12.5 Å². The number of imidazole rings is 1. The molecule has 158 valence electrons. The normalized spacial score (nSPS) is 17.5. The average Bonchev–Trinajstić information content (AvgIpc) is 2.98. The lowest BCUT2D eigenvalue weighted by molar-refractivity contribution is -0.117. The van der Waals surface area contributed by atoms with Gasteiger partial charge in [0, 0.05) is 49.1 Å². The fraction of sp³-hybridized carbons (Fsp3) is 0.364. The van der Waals surface area contributed by atoms with Gasteiger partial charge in [-0.3, -0.25) is 14.3 Å². The number of aryl methyl sites for hydroxylation is 2. The van der Waals surface area contributed by atoms with Gasteiger partial charge in [0.25, 0.3) is 0 Å². The molecule has 0 saturated carbocycles. The molecule has 0 bridgehead atoms. The molecule has 1 aromatic heterocycles. The first-order chi connectivity index (χ1) is 14.3. The highest BCUT2D eigenvalue weighted by Crippen LogP contribution is 2.25. The van der Waals surface area contributed by atoms with E-state index in [1.807, 2.05) is 19.1 Å². The summed E-state index contributed by atoms with van der Waals surface area (Å²) in [5, 5.41) is 3.73. The van der Waals surface area contributed by atoms with Crippen LogP contribution in [0, 0.1) is 6.92 Å². The third-order valence-corrected chi connectivity index (χ3v) is 6.17. The third kappa shape index (κ3) is 4.08. The van der Waals surface area contributed by atoms with Crippen molar-refractivity contribution in [2.24, 2.45) is 7.05 Å². The molecular formula is C22H26ClN5O2. The van der Waals surface area contributed by atoms with Crippen LogP contribution >= 0.6 is 11.6 Å². The summed E-state index contributed by atoms with van der Waals surface area (Å²) in [4.78, 5) is 31.6. The number of fused-ring (bicyclic) bond motifs is 1. The van der Waals surface area contributed by atoms with Crippen molar-refractivity contribution in [2.75, 3.05) is 36.4 Å². The number of aromatic nitrogens is 2. The molecule has 30 heavy (non-hydrogen) atoms. The summed E-state index contributed by atoms with van der Waals surface area (Å²) >= 11 is 6.16. The quantitative estimate of drug-likeness (QED) is 0.671. The first-order valence-corrected chi connectivity index (χ1v) is 10.4. The smallest absolute Gasteiger partial charge is 0.326 e. The number of piperazine rings is 1. The van der Waals surface area contributed by atoms with Crippen LogP contribution in [-0.4, -0.2) is 52.6 Å². The van der Waals surface area contributed by atoms with E-state index in [9.17, 15) is 9.59 Å². The fourth-order valence-corrected chi connectivity index (χ4v) is 4.19. The SMILES string of the molecule is Cc1cc(N2CCN(CC(=O)Nc3ccc4[nH]c(=O)n(C)c4c3)C[C@H]2C)ccc1Cl. The monoisotopic (exact) mass is 427 g/mol. The lowest BCUT2D eigenvalue weighted by Crippen LogP contribution is -2.53. The van der Waals surface area contributed by atoms with Crippen LogP contribution in [0.15, 0.2) is 41.2 Å². The number of aromatic amines is 1. The molecule has 8 heteroatoms. The standard InChI is InChI=1S/C22H26ClN5O2/c1-14-10-17(5-6-18(14)23)28-9-8-27(12-15(28)2)13-21(29)24-16-4-7-19-20(11-16)26(3)22(30)25-19/h4-7,10-11,15H,8-9,12-13H2,1-3H3,(H,24,29)(H,25,30)/t15-/m1/s1. The zero-order valence-electron chi connectivity index (χ0n) is 17.4. The Balaban J connectivity index is 1.37. The van der Waals surface area contributed by atoms with E-state index in [1.165, 1.54) is 10.3 Å². The Bertz CT molecular complexity index is 1150.